The molecular formula is C21H23N5O3. The molecule has 0 aliphatic heterocycles. The highest BCUT2D eigenvalue weighted by Crippen LogP contribution is 2.38. The number of benzene rings is 1. The van der Waals surface area contributed by atoms with Gasteiger partial charge in [0.05, 0.1) is 6.61 Å². The Hall–Kier alpha value is -3.42. The van der Waals surface area contributed by atoms with Crippen LogP contribution >= 0.6 is 0 Å². The molecule has 1 saturated carbocycles. The summed E-state index contributed by atoms with van der Waals surface area (Å²) in [4.78, 5) is 16.9. The Kier molecular flexibility index (Phi) is 5.41. The number of nitrogens with zero attached hydrogens (tertiary/aromatic N) is 4. The van der Waals surface area contributed by atoms with Crippen molar-refractivity contribution in [3.63, 3.8) is 0 Å². The summed E-state index contributed by atoms with van der Waals surface area (Å²) in [6, 6.07) is 9.31. The topological polar surface area (TPSA) is 91.2 Å². The van der Waals surface area contributed by atoms with Crippen molar-refractivity contribution < 1.29 is 14.3 Å². The molecule has 1 amide bonds. The minimum absolute atomic E-state index is 0.265. The van der Waals surface area contributed by atoms with E-state index in [0.29, 0.717) is 42.3 Å². The third-order valence-corrected chi connectivity index (χ3v) is 4.63. The molecule has 1 aliphatic carbocycles. The molecular weight excluding hydrogens is 370 g/mol. The Morgan fingerprint density at radius 1 is 1.21 bits per heavy atom. The third-order valence-electron chi connectivity index (χ3n) is 4.63. The quantitative estimate of drug-likeness (QED) is 0.629. The van der Waals surface area contributed by atoms with E-state index in [-0.39, 0.29) is 5.91 Å². The second-order valence-electron chi connectivity index (χ2n) is 6.87. The van der Waals surface area contributed by atoms with E-state index >= 15 is 0 Å². The van der Waals surface area contributed by atoms with E-state index in [0.717, 1.165) is 24.2 Å². The number of aromatic nitrogens is 4. The number of hydrogen-bond acceptors (Lipinski definition) is 6. The predicted octanol–water partition coefficient (Wildman–Crippen LogP) is 3.55. The first-order chi connectivity index (χ1) is 14.2. The molecule has 0 atom stereocenters. The first-order valence-corrected chi connectivity index (χ1v) is 9.67. The summed E-state index contributed by atoms with van der Waals surface area (Å²) < 4.78 is 13.5. The molecule has 150 valence electrons. The van der Waals surface area contributed by atoms with Gasteiger partial charge in [-0.05, 0) is 51.0 Å². The van der Waals surface area contributed by atoms with Gasteiger partial charge in [-0.1, -0.05) is 6.07 Å². The lowest BCUT2D eigenvalue weighted by molar-refractivity contribution is 0.102. The van der Waals surface area contributed by atoms with Crippen LogP contribution in [0.25, 0.3) is 0 Å². The van der Waals surface area contributed by atoms with Crippen molar-refractivity contribution in [3.8, 4) is 11.5 Å². The number of ether oxygens (including phenoxy) is 2. The van der Waals surface area contributed by atoms with Gasteiger partial charge < -0.3 is 9.47 Å². The Balaban J connectivity index is 1.50. The van der Waals surface area contributed by atoms with Gasteiger partial charge in [0.25, 0.3) is 5.91 Å². The molecule has 8 heteroatoms. The van der Waals surface area contributed by atoms with Gasteiger partial charge in [-0.15, -0.1) is 10.2 Å². The largest absolute Gasteiger partial charge is 0.490 e. The van der Waals surface area contributed by atoms with Crippen LogP contribution in [0, 0.1) is 6.92 Å². The number of nitrogens with one attached hydrogen (secondary N) is 1. The number of rotatable bonds is 8. The number of anilines is 1. The number of pyridine rings is 1. The zero-order chi connectivity index (χ0) is 20.2. The lowest BCUT2D eigenvalue weighted by Crippen LogP contribution is -2.16. The van der Waals surface area contributed by atoms with Crippen LogP contribution in [0.3, 0.4) is 0 Å². The van der Waals surface area contributed by atoms with E-state index in [2.05, 4.69) is 20.5 Å². The van der Waals surface area contributed by atoms with Gasteiger partial charge >= 0.3 is 0 Å². The normalized spacial score (nSPS) is 13.2. The van der Waals surface area contributed by atoms with Gasteiger partial charge in [0.15, 0.2) is 11.5 Å². The molecule has 29 heavy (non-hydrogen) atoms. The molecule has 0 radical (unpaired) electrons. The molecule has 0 saturated heterocycles. The first-order valence-electron chi connectivity index (χ1n) is 9.67. The lowest BCUT2D eigenvalue weighted by atomic mass is 10.2. The Morgan fingerprint density at radius 2 is 2.07 bits per heavy atom. The van der Waals surface area contributed by atoms with Gasteiger partial charge in [0.1, 0.15) is 12.4 Å². The molecule has 2 heterocycles. The van der Waals surface area contributed by atoms with E-state index in [1.54, 1.807) is 30.6 Å². The molecule has 1 N–H and O–H groups in total. The number of carbonyl (C=O) groups excluding carboxylic acids is 1. The Morgan fingerprint density at radius 3 is 2.79 bits per heavy atom. The van der Waals surface area contributed by atoms with Gasteiger partial charge in [-0.25, -0.2) is 0 Å². The molecule has 1 aliphatic rings. The van der Waals surface area contributed by atoms with Crippen molar-refractivity contribution in [2.24, 2.45) is 0 Å². The minimum Gasteiger partial charge on any atom is -0.490 e. The van der Waals surface area contributed by atoms with Crippen molar-refractivity contribution in [2.75, 3.05) is 11.9 Å². The second-order valence-corrected chi connectivity index (χ2v) is 6.87. The lowest BCUT2D eigenvalue weighted by Gasteiger charge is -2.14. The second kappa shape index (κ2) is 8.30. The summed E-state index contributed by atoms with van der Waals surface area (Å²) in [7, 11) is 0. The van der Waals surface area contributed by atoms with Crippen LogP contribution in [0.2, 0.25) is 0 Å². The highest BCUT2D eigenvalue weighted by Gasteiger charge is 2.29. The van der Waals surface area contributed by atoms with E-state index in [1.807, 2.05) is 30.5 Å². The summed E-state index contributed by atoms with van der Waals surface area (Å²) in [6.07, 6.45) is 5.63. The molecule has 1 fully saturated rings. The van der Waals surface area contributed by atoms with E-state index in [4.69, 9.17) is 9.47 Å². The smallest absolute Gasteiger partial charge is 0.258 e. The van der Waals surface area contributed by atoms with Gasteiger partial charge in [0.2, 0.25) is 5.95 Å². The van der Waals surface area contributed by atoms with Crippen LogP contribution in [-0.4, -0.2) is 32.3 Å². The molecule has 0 bridgehead atoms. The summed E-state index contributed by atoms with van der Waals surface area (Å²) in [5, 5.41) is 11.0. The maximum atomic E-state index is 12.8. The Bertz CT molecular complexity index is 999. The van der Waals surface area contributed by atoms with E-state index in [9.17, 15) is 4.79 Å². The first kappa shape index (κ1) is 18.9. The molecule has 1 aromatic carbocycles. The average Bonchev–Trinajstić information content (AvgIpc) is 3.51. The summed E-state index contributed by atoms with van der Waals surface area (Å²) >= 11 is 0. The SMILES string of the molecule is CCOc1cc(C(=O)Nc2nnc(C)n2C2CC2)ccc1OCc1cccnc1. The van der Waals surface area contributed by atoms with E-state index in [1.165, 1.54) is 0 Å². The average molecular weight is 393 g/mol. The summed E-state index contributed by atoms with van der Waals surface area (Å²) in [6.45, 7) is 4.61. The van der Waals surface area contributed by atoms with Crippen molar-refractivity contribution in [1.82, 2.24) is 19.7 Å². The third kappa shape index (κ3) is 4.37. The maximum absolute atomic E-state index is 12.8. The van der Waals surface area contributed by atoms with Crippen molar-refractivity contribution >= 4 is 11.9 Å². The number of amides is 1. The monoisotopic (exact) mass is 393 g/mol. The molecule has 0 spiro atoms. The van der Waals surface area contributed by atoms with Crippen LogP contribution in [0.4, 0.5) is 5.95 Å². The van der Waals surface area contributed by atoms with Crippen LogP contribution in [-0.2, 0) is 6.61 Å². The summed E-state index contributed by atoms with van der Waals surface area (Å²) in [5.41, 5.74) is 1.41. The van der Waals surface area contributed by atoms with Crippen LogP contribution in [0.5, 0.6) is 11.5 Å². The fraction of sp³-hybridized carbons (Fsp3) is 0.333. The Labute approximate surface area is 168 Å². The number of carbonyl (C=O) groups is 1. The van der Waals surface area contributed by atoms with Gasteiger partial charge in [-0.2, -0.15) is 0 Å². The van der Waals surface area contributed by atoms with Gasteiger partial charge in [-0.3, -0.25) is 19.7 Å². The van der Waals surface area contributed by atoms with Crippen molar-refractivity contribution in [1.29, 1.82) is 0 Å². The van der Waals surface area contributed by atoms with Gasteiger partial charge in [0, 0.05) is 29.6 Å². The fourth-order valence-electron chi connectivity index (χ4n) is 3.08. The predicted molar refractivity (Wildman–Crippen MR) is 107 cm³/mol. The zero-order valence-corrected chi connectivity index (χ0v) is 16.5. The summed E-state index contributed by atoms with van der Waals surface area (Å²) in [5.74, 6) is 2.11. The van der Waals surface area contributed by atoms with E-state index < -0.39 is 0 Å². The molecule has 2 aromatic heterocycles. The van der Waals surface area contributed by atoms with Crippen LogP contribution < -0.4 is 14.8 Å². The maximum Gasteiger partial charge on any atom is 0.258 e. The standard InChI is InChI=1S/C21H23N5O3/c1-3-28-19-11-16(6-9-18(19)29-13-15-5-4-10-22-12-15)20(27)23-21-25-24-14(2)26(21)17-7-8-17/h4-6,9-12,17H,3,7-8,13H2,1-2H3,(H,23,25,27). The van der Waals surface area contributed by atoms with Crippen molar-refractivity contribution in [3.05, 3.63) is 59.7 Å². The van der Waals surface area contributed by atoms with Crippen LogP contribution in [0.15, 0.2) is 42.7 Å². The number of hydrogen-bond donors (Lipinski definition) is 1. The fourth-order valence-corrected chi connectivity index (χ4v) is 3.08. The van der Waals surface area contributed by atoms with Crippen LogP contribution in [0.1, 0.15) is 47.6 Å². The molecule has 8 nitrogen and oxygen atoms in total. The molecule has 3 aromatic rings. The van der Waals surface area contributed by atoms with Crippen molar-refractivity contribution in [2.45, 2.75) is 39.3 Å². The highest BCUT2D eigenvalue weighted by molar-refractivity contribution is 6.03. The highest BCUT2D eigenvalue weighted by atomic mass is 16.5. The number of aryl methyl sites for hydroxylation is 1. The zero-order valence-electron chi connectivity index (χ0n) is 16.5. The minimum atomic E-state index is -0.265. The molecule has 4 rings (SSSR count). The molecule has 0 unspecified atom stereocenters.